The van der Waals surface area contributed by atoms with Crippen LogP contribution in [0.2, 0.25) is 5.15 Å². The quantitative estimate of drug-likeness (QED) is 0.555. The second kappa shape index (κ2) is 7.56. The maximum absolute atomic E-state index is 11.3. The zero-order valence-electron chi connectivity index (χ0n) is 15.2. The Morgan fingerprint density at radius 1 is 1.22 bits per heavy atom. The second-order valence-electron chi connectivity index (χ2n) is 7.05. The Labute approximate surface area is 162 Å². The third-order valence-electron chi connectivity index (χ3n) is 4.91. The standard InChI is InChI=1S/C20H22ClN5O/c1-12(27)24-15-9-16-17(11-23-20(16)22-10-15)13-7-18(21)26-19(8-13)25-14-5-3-2-4-6-14/h7-11,14H,2-6H2,1H3,(H,22,23)(H,24,27)(H,25,26). The summed E-state index contributed by atoms with van der Waals surface area (Å²) in [4.78, 5) is 23.4. The molecular formula is C20H22ClN5O. The molecule has 3 aromatic rings. The van der Waals surface area contributed by atoms with E-state index in [1.165, 1.54) is 39.0 Å². The average molecular weight is 384 g/mol. The Morgan fingerprint density at radius 3 is 2.81 bits per heavy atom. The minimum Gasteiger partial charge on any atom is -0.367 e. The van der Waals surface area contributed by atoms with Crippen LogP contribution in [0.25, 0.3) is 22.2 Å². The number of carbonyl (C=O) groups excluding carboxylic acids is 1. The van der Waals surface area contributed by atoms with E-state index in [-0.39, 0.29) is 5.91 Å². The minimum atomic E-state index is -0.126. The van der Waals surface area contributed by atoms with Crippen LogP contribution in [-0.2, 0) is 4.79 Å². The topological polar surface area (TPSA) is 82.7 Å². The van der Waals surface area contributed by atoms with Crippen molar-refractivity contribution in [2.45, 2.75) is 45.1 Å². The fourth-order valence-corrected chi connectivity index (χ4v) is 3.90. The van der Waals surface area contributed by atoms with E-state index >= 15 is 0 Å². The number of aromatic amines is 1. The molecule has 6 nitrogen and oxygen atoms in total. The maximum Gasteiger partial charge on any atom is 0.221 e. The monoisotopic (exact) mass is 383 g/mol. The zero-order valence-corrected chi connectivity index (χ0v) is 15.9. The van der Waals surface area contributed by atoms with Crippen molar-refractivity contribution in [1.82, 2.24) is 15.0 Å². The SMILES string of the molecule is CC(=O)Nc1cnc2[nH]cc(-c3cc(Cl)nc(NC4CCCCC4)c3)c2c1. The summed E-state index contributed by atoms with van der Waals surface area (Å²) in [5.41, 5.74) is 3.35. The van der Waals surface area contributed by atoms with E-state index in [9.17, 15) is 4.79 Å². The minimum absolute atomic E-state index is 0.126. The van der Waals surface area contributed by atoms with Gasteiger partial charge in [0.2, 0.25) is 5.91 Å². The second-order valence-corrected chi connectivity index (χ2v) is 7.43. The van der Waals surface area contributed by atoms with E-state index in [2.05, 4.69) is 25.6 Å². The Bertz CT molecular complexity index is 978. The highest BCUT2D eigenvalue weighted by Gasteiger charge is 2.15. The first-order chi connectivity index (χ1) is 13.1. The fourth-order valence-electron chi connectivity index (χ4n) is 3.70. The summed E-state index contributed by atoms with van der Waals surface area (Å²) in [7, 11) is 0. The maximum atomic E-state index is 11.3. The van der Waals surface area contributed by atoms with E-state index in [1.807, 2.05) is 24.4 Å². The molecule has 0 bridgehead atoms. The normalized spacial score (nSPS) is 15.0. The molecule has 0 aliphatic heterocycles. The molecule has 3 N–H and O–H groups in total. The number of hydrogen-bond acceptors (Lipinski definition) is 4. The largest absolute Gasteiger partial charge is 0.367 e. The lowest BCUT2D eigenvalue weighted by molar-refractivity contribution is -0.114. The lowest BCUT2D eigenvalue weighted by Crippen LogP contribution is -2.22. The molecule has 140 valence electrons. The van der Waals surface area contributed by atoms with Crippen LogP contribution < -0.4 is 10.6 Å². The van der Waals surface area contributed by atoms with E-state index in [0.29, 0.717) is 16.9 Å². The van der Waals surface area contributed by atoms with Gasteiger partial charge in [-0.1, -0.05) is 30.9 Å². The Morgan fingerprint density at radius 2 is 2.04 bits per heavy atom. The number of nitrogens with zero attached hydrogens (tertiary/aromatic N) is 2. The number of fused-ring (bicyclic) bond motifs is 1. The summed E-state index contributed by atoms with van der Waals surface area (Å²) in [5, 5.41) is 7.68. The van der Waals surface area contributed by atoms with E-state index in [0.717, 1.165) is 28.0 Å². The first kappa shape index (κ1) is 17.8. The van der Waals surface area contributed by atoms with Gasteiger partial charge in [-0.3, -0.25) is 4.79 Å². The van der Waals surface area contributed by atoms with Crippen LogP contribution in [-0.4, -0.2) is 26.9 Å². The Kier molecular flexibility index (Phi) is 4.99. The number of aromatic nitrogens is 3. The van der Waals surface area contributed by atoms with Gasteiger partial charge in [-0.15, -0.1) is 0 Å². The van der Waals surface area contributed by atoms with Crippen molar-refractivity contribution >= 4 is 40.0 Å². The number of pyridine rings is 2. The molecule has 0 atom stereocenters. The third kappa shape index (κ3) is 4.06. The van der Waals surface area contributed by atoms with Gasteiger partial charge in [-0.05, 0) is 36.6 Å². The van der Waals surface area contributed by atoms with Crippen molar-refractivity contribution in [2.24, 2.45) is 0 Å². The van der Waals surface area contributed by atoms with Crippen molar-refractivity contribution in [1.29, 1.82) is 0 Å². The van der Waals surface area contributed by atoms with Crippen molar-refractivity contribution in [2.75, 3.05) is 10.6 Å². The predicted octanol–water partition coefficient (Wildman–Crippen LogP) is 4.98. The first-order valence-corrected chi connectivity index (χ1v) is 9.65. The summed E-state index contributed by atoms with van der Waals surface area (Å²) < 4.78 is 0. The molecule has 1 saturated carbocycles. The lowest BCUT2D eigenvalue weighted by atomic mass is 9.95. The van der Waals surface area contributed by atoms with Gasteiger partial charge in [0.1, 0.15) is 16.6 Å². The van der Waals surface area contributed by atoms with Gasteiger partial charge in [0.25, 0.3) is 0 Å². The number of halogens is 1. The van der Waals surface area contributed by atoms with Gasteiger partial charge in [0.15, 0.2) is 0 Å². The smallest absolute Gasteiger partial charge is 0.221 e. The number of amides is 1. The van der Waals surface area contributed by atoms with E-state index in [4.69, 9.17) is 11.6 Å². The van der Waals surface area contributed by atoms with Crippen LogP contribution >= 0.6 is 11.6 Å². The predicted molar refractivity (Wildman–Crippen MR) is 109 cm³/mol. The molecule has 0 radical (unpaired) electrons. The summed E-state index contributed by atoms with van der Waals surface area (Å²) in [6.07, 6.45) is 9.70. The van der Waals surface area contributed by atoms with Crippen molar-refractivity contribution < 1.29 is 4.79 Å². The Balaban J connectivity index is 1.68. The number of rotatable bonds is 4. The number of hydrogen-bond donors (Lipinski definition) is 3. The Hall–Kier alpha value is -2.60. The zero-order chi connectivity index (χ0) is 18.8. The molecule has 1 amide bonds. The van der Waals surface area contributed by atoms with Crippen molar-refractivity contribution in [3.63, 3.8) is 0 Å². The number of carbonyl (C=O) groups is 1. The summed E-state index contributed by atoms with van der Waals surface area (Å²) in [5.74, 6) is 0.670. The molecule has 1 aliphatic carbocycles. The van der Waals surface area contributed by atoms with E-state index in [1.54, 1.807) is 6.20 Å². The van der Waals surface area contributed by atoms with Gasteiger partial charge >= 0.3 is 0 Å². The molecular weight excluding hydrogens is 362 g/mol. The molecule has 27 heavy (non-hydrogen) atoms. The molecule has 4 rings (SSSR count). The molecule has 3 aromatic heterocycles. The van der Waals surface area contributed by atoms with Gasteiger partial charge in [-0.25, -0.2) is 9.97 Å². The molecule has 1 fully saturated rings. The molecule has 0 aromatic carbocycles. The molecule has 3 heterocycles. The highest BCUT2D eigenvalue weighted by Crippen LogP contribution is 2.32. The van der Waals surface area contributed by atoms with Gasteiger partial charge < -0.3 is 15.6 Å². The summed E-state index contributed by atoms with van der Waals surface area (Å²) in [6, 6.07) is 6.24. The van der Waals surface area contributed by atoms with Gasteiger partial charge in [0, 0.05) is 30.1 Å². The molecule has 0 unspecified atom stereocenters. The van der Waals surface area contributed by atoms with Crippen LogP contribution in [0.4, 0.5) is 11.5 Å². The highest BCUT2D eigenvalue weighted by molar-refractivity contribution is 6.29. The first-order valence-electron chi connectivity index (χ1n) is 9.28. The van der Waals surface area contributed by atoms with Crippen molar-refractivity contribution in [3.05, 3.63) is 35.7 Å². The summed E-state index contributed by atoms with van der Waals surface area (Å²) >= 11 is 6.30. The van der Waals surface area contributed by atoms with Crippen LogP contribution in [0.5, 0.6) is 0 Å². The molecule has 1 aliphatic rings. The number of nitrogens with one attached hydrogen (secondary N) is 3. The molecule has 0 saturated heterocycles. The number of H-pyrrole nitrogens is 1. The van der Waals surface area contributed by atoms with Crippen LogP contribution in [0, 0.1) is 0 Å². The molecule has 7 heteroatoms. The third-order valence-corrected chi connectivity index (χ3v) is 5.11. The van der Waals surface area contributed by atoms with Crippen LogP contribution in [0.1, 0.15) is 39.0 Å². The van der Waals surface area contributed by atoms with Crippen LogP contribution in [0.3, 0.4) is 0 Å². The van der Waals surface area contributed by atoms with E-state index < -0.39 is 0 Å². The highest BCUT2D eigenvalue weighted by atomic mass is 35.5. The van der Waals surface area contributed by atoms with Crippen molar-refractivity contribution in [3.8, 4) is 11.1 Å². The van der Waals surface area contributed by atoms with Gasteiger partial charge in [-0.2, -0.15) is 0 Å². The molecule has 0 spiro atoms. The summed E-state index contributed by atoms with van der Waals surface area (Å²) in [6.45, 7) is 1.48. The van der Waals surface area contributed by atoms with Crippen LogP contribution in [0.15, 0.2) is 30.6 Å². The fraction of sp³-hybridized carbons (Fsp3) is 0.350. The number of anilines is 2. The van der Waals surface area contributed by atoms with Gasteiger partial charge in [0.05, 0.1) is 11.9 Å². The average Bonchev–Trinajstić information content (AvgIpc) is 3.05. The lowest BCUT2D eigenvalue weighted by Gasteiger charge is -2.23.